The van der Waals surface area contributed by atoms with E-state index in [9.17, 15) is 20.4 Å². The van der Waals surface area contributed by atoms with Crippen LogP contribution in [-0.4, -0.2) is 94.8 Å². The average molecular weight is 424 g/mol. The lowest BCUT2D eigenvalue weighted by molar-refractivity contribution is -0.314. The van der Waals surface area contributed by atoms with Crippen molar-refractivity contribution in [2.24, 2.45) is 34.5 Å². The minimum absolute atomic E-state index is 0.0265. The molecule has 4 N–H and O–H groups in total. The molecule has 5 saturated carbocycles. The maximum absolute atomic E-state index is 12.5. The fourth-order valence-electron chi connectivity index (χ4n) is 10.4. The summed E-state index contributed by atoms with van der Waals surface area (Å²) in [7, 11) is 3.42. The van der Waals surface area contributed by atoms with E-state index in [0.29, 0.717) is 12.8 Å². The third kappa shape index (κ3) is 1.80. The molecule has 0 radical (unpaired) electrons. The molecule has 7 bridgehead atoms. The molecular weight excluding hydrogens is 386 g/mol. The van der Waals surface area contributed by atoms with Gasteiger partial charge in [-0.2, -0.15) is 0 Å². The van der Waals surface area contributed by atoms with Crippen LogP contribution >= 0.6 is 0 Å². The highest BCUT2D eigenvalue weighted by Crippen LogP contribution is 2.79. The lowest BCUT2D eigenvalue weighted by Gasteiger charge is -2.70. The van der Waals surface area contributed by atoms with E-state index in [0.717, 1.165) is 32.4 Å². The van der Waals surface area contributed by atoms with Gasteiger partial charge in [0.05, 0.1) is 24.9 Å². The quantitative estimate of drug-likeness (QED) is 0.504. The summed E-state index contributed by atoms with van der Waals surface area (Å²) in [6, 6.07) is -0.224. The number of likely N-dealkylation sites (tertiary alicyclic amines) is 1. The first kappa shape index (κ1) is 20.3. The van der Waals surface area contributed by atoms with Gasteiger partial charge in [-0.05, 0) is 44.1 Å². The molecule has 0 amide bonds. The number of hydrogen-bond acceptors (Lipinski definition) is 7. The first-order valence-corrected chi connectivity index (χ1v) is 11.8. The SMILES string of the molecule is CCN1C[C@]2(CO)CC[C@H](OC)[C@@]34[C@@H]5C[C@H]6[C@H](O)[C@@H]5[C@](O)(C[C@@H]6OC)[C@@](O)(C[C@H]23)[C@@H]14. The van der Waals surface area contributed by atoms with Crippen LogP contribution in [0.1, 0.15) is 39.0 Å². The molecule has 30 heavy (non-hydrogen) atoms. The van der Waals surface area contributed by atoms with E-state index >= 15 is 0 Å². The number of piperidine rings is 1. The fourth-order valence-corrected chi connectivity index (χ4v) is 10.4. The second kappa shape index (κ2) is 5.99. The minimum Gasteiger partial charge on any atom is -0.396 e. The van der Waals surface area contributed by atoms with E-state index < -0.39 is 17.3 Å². The van der Waals surface area contributed by atoms with Crippen molar-refractivity contribution in [2.75, 3.05) is 33.9 Å². The monoisotopic (exact) mass is 423 g/mol. The Morgan fingerprint density at radius 3 is 2.50 bits per heavy atom. The maximum atomic E-state index is 12.5. The third-order valence-corrected chi connectivity index (χ3v) is 11.1. The number of ether oxygens (including phenoxy) is 2. The molecule has 1 spiro atoms. The van der Waals surface area contributed by atoms with Crippen LogP contribution in [0.3, 0.4) is 0 Å². The van der Waals surface area contributed by atoms with Crippen LogP contribution in [0.2, 0.25) is 0 Å². The van der Waals surface area contributed by atoms with Gasteiger partial charge in [-0.25, -0.2) is 0 Å². The zero-order chi connectivity index (χ0) is 21.3. The van der Waals surface area contributed by atoms with Gasteiger partial charge >= 0.3 is 0 Å². The number of aliphatic hydroxyl groups is 4. The van der Waals surface area contributed by atoms with Crippen molar-refractivity contribution in [1.82, 2.24) is 4.90 Å². The van der Waals surface area contributed by atoms with Crippen LogP contribution < -0.4 is 0 Å². The molecule has 7 nitrogen and oxygen atoms in total. The van der Waals surface area contributed by atoms with Gasteiger partial charge in [-0.3, -0.25) is 4.90 Å². The van der Waals surface area contributed by atoms with Crippen LogP contribution in [-0.2, 0) is 9.47 Å². The molecule has 6 aliphatic rings. The van der Waals surface area contributed by atoms with Crippen molar-refractivity contribution < 1.29 is 29.9 Å². The van der Waals surface area contributed by atoms with Gasteiger partial charge in [-0.1, -0.05) is 6.92 Å². The Balaban J connectivity index is 1.64. The smallest absolute Gasteiger partial charge is 0.110 e. The zero-order valence-electron chi connectivity index (χ0n) is 18.3. The highest BCUT2D eigenvalue weighted by Gasteiger charge is 2.88. The summed E-state index contributed by atoms with van der Waals surface area (Å²) in [5, 5.41) is 46.8. The number of methoxy groups -OCH3 is 2. The van der Waals surface area contributed by atoms with Gasteiger partial charge < -0.3 is 29.9 Å². The number of fused-ring (bicyclic) bond motifs is 2. The van der Waals surface area contributed by atoms with Crippen LogP contribution in [0.15, 0.2) is 0 Å². The molecular formula is C23H37NO6. The van der Waals surface area contributed by atoms with E-state index in [1.165, 1.54) is 0 Å². The summed E-state index contributed by atoms with van der Waals surface area (Å²) in [4.78, 5) is 2.33. The lowest BCUT2D eigenvalue weighted by Crippen LogP contribution is -2.81. The summed E-state index contributed by atoms with van der Waals surface area (Å²) < 4.78 is 11.9. The highest BCUT2D eigenvalue weighted by molar-refractivity contribution is 5.38. The van der Waals surface area contributed by atoms with Crippen molar-refractivity contribution in [3.05, 3.63) is 0 Å². The molecule has 12 atom stereocenters. The third-order valence-electron chi connectivity index (χ3n) is 11.1. The van der Waals surface area contributed by atoms with E-state index in [-0.39, 0.29) is 59.4 Å². The van der Waals surface area contributed by atoms with E-state index in [1.807, 2.05) is 0 Å². The van der Waals surface area contributed by atoms with E-state index in [1.54, 1.807) is 14.2 Å². The van der Waals surface area contributed by atoms with Crippen LogP contribution in [0.4, 0.5) is 0 Å². The van der Waals surface area contributed by atoms with E-state index in [4.69, 9.17) is 9.47 Å². The van der Waals surface area contributed by atoms with Gasteiger partial charge in [0.25, 0.3) is 0 Å². The van der Waals surface area contributed by atoms with Crippen molar-refractivity contribution in [2.45, 2.75) is 74.6 Å². The molecule has 170 valence electrons. The van der Waals surface area contributed by atoms with Gasteiger partial charge in [-0.15, -0.1) is 0 Å². The summed E-state index contributed by atoms with van der Waals surface area (Å²) in [6.07, 6.45) is 2.36. The molecule has 0 aromatic heterocycles. The molecule has 1 saturated heterocycles. The van der Waals surface area contributed by atoms with Gasteiger partial charge in [0.15, 0.2) is 0 Å². The summed E-state index contributed by atoms with van der Waals surface area (Å²) in [5.74, 6) is -0.269. The Morgan fingerprint density at radius 1 is 1.10 bits per heavy atom. The van der Waals surface area contributed by atoms with Crippen molar-refractivity contribution in [3.8, 4) is 0 Å². The lowest BCUT2D eigenvalue weighted by atomic mass is 9.42. The number of rotatable bonds is 4. The number of likely N-dealkylation sites (N-methyl/N-ethyl adjacent to an activating group) is 1. The Hall–Kier alpha value is -0.280. The Morgan fingerprint density at radius 2 is 1.87 bits per heavy atom. The first-order valence-electron chi connectivity index (χ1n) is 11.8. The molecule has 0 aromatic rings. The molecule has 1 heterocycles. The first-order chi connectivity index (χ1) is 14.3. The van der Waals surface area contributed by atoms with Crippen molar-refractivity contribution in [1.29, 1.82) is 0 Å². The summed E-state index contributed by atoms with van der Waals surface area (Å²) in [6.45, 7) is 3.71. The summed E-state index contributed by atoms with van der Waals surface area (Å²) in [5.41, 5.74) is -3.39. The molecule has 6 rings (SSSR count). The van der Waals surface area contributed by atoms with Gasteiger partial charge in [0.1, 0.15) is 11.2 Å². The normalized spacial score (nSPS) is 63.3. The van der Waals surface area contributed by atoms with Gasteiger partial charge in [0, 0.05) is 55.9 Å². The van der Waals surface area contributed by atoms with Crippen LogP contribution in [0.5, 0.6) is 0 Å². The van der Waals surface area contributed by atoms with Gasteiger partial charge in [0.2, 0.25) is 0 Å². The Bertz CT molecular complexity index is 751. The number of hydrogen-bond donors (Lipinski definition) is 4. The molecule has 5 aliphatic carbocycles. The Labute approximate surface area is 178 Å². The second-order valence-electron chi connectivity index (χ2n) is 11.4. The maximum Gasteiger partial charge on any atom is 0.110 e. The fraction of sp³-hybridized carbons (Fsp3) is 1.00. The highest BCUT2D eigenvalue weighted by atomic mass is 16.5. The molecule has 0 unspecified atom stereocenters. The molecule has 6 fully saturated rings. The predicted molar refractivity (Wildman–Crippen MR) is 108 cm³/mol. The minimum atomic E-state index is -1.39. The average Bonchev–Trinajstić information content (AvgIpc) is 3.11. The predicted octanol–water partition coefficient (Wildman–Crippen LogP) is -0.00800. The molecule has 1 aliphatic heterocycles. The van der Waals surface area contributed by atoms with Crippen molar-refractivity contribution in [3.63, 3.8) is 0 Å². The van der Waals surface area contributed by atoms with Crippen molar-refractivity contribution >= 4 is 0 Å². The topological polar surface area (TPSA) is 103 Å². The molecule has 0 aromatic carbocycles. The number of aliphatic hydroxyl groups excluding tert-OH is 2. The zero-order valence-corrected chi connectivity index (χ0v) is 18.3. The Kier molecular flexibility index (Phi) is 4.06. The standard InChI is InChI=1S/C23H37NO6/c1-4-24-10-20(11-25)6-5-16(30-3)23-13-7-12-14(29-2)8-21(27,17(13)18(12)26)22(28,19(23)24)9-15(20)23/h12-19,25-28H,4-11H2,1-3H3/t12-,13-,14+,15-,16+,17-,18+,19-,20+,21-,22-,23-/m1/s1. The molecule has 7 heteroatoms. The van der Waals surface area contributed by atoms with E-state index in [2.05, 4.69) is 11.8 Å². The number of nitrogens with zero attached hydrogens (tertiary/aromatic N) is 1. The second-order valence-corrected chi connectivity index (χ2v) is 11.4. The largest absolute Gasteiger partial charge is 0.396 e. The summed E-state index contributed by atoms with van der Waals surface area (Å²) >= 11 is 0. The van der Waals surface area contributed by atoms with Crippen LogP contribution in [0, 0.1) is 34.5 Å². The van der Waals surface area contributed by atoms with Crippen LogP contribution in [0.25, 0.3) is 0 Å².